The van der Waals surface area contributed by atoms with Crippen LogP contribution in [0.3, 0.4) is 0 Å². The molecule has 0 aliphatic rings. The zero-order valence-electron chi connectivity index (χ0n) is 24.2. The number of hydrogen-bond donors (Lipinski definition) is 0. The maximum absolute atomic E-state index is 5.30. The first-order valence-electron chi connectivity index (χ1n) is 15.2. The van der Waals surface area contributed by atoms with Crippen molar-refractivity contribution in [2.45, 2.75) is 0 Å². The minimum absolute atomic E-state index is 0.935. The van der Waals surface area contributed by atoms with Crippen molar-refractivity contribution in [3.63, 3.8) is 0 Å². The number of benzene rings is 7. The van der Waals surface area contributed by atoms with E-state index in [0.717, 1.165) is 33.1 Å². The number of rotatable bonds is 2. The lowest BCUT2D eigenvalue weighted by molar-refractivity contribution is 1.38. The van der Waals surface area contributed by atoms with Crippen LogP contribution in [0.2, 0.25) is 0 Å². The fourth-order valence-corrected chi connectivity index (χ4v) is 8.48. The number of hydrogen-bond acceptors (Lipinski definition) is 3. The summed E-state index contributed by atoms with van der Waals surface area (Å²) >= 11 is 1.89. The van der Waals surface area contributed by atoms with Crippen molar-refractivity contribution in [2.24, 2.45) is 0 Å². The van der Waals surface area contributed by atoms with E-state index in [4.69, 9.17) is 9.97 Å². The van der Waals surface area contributed by atoms with Gasteiger partial charge in [0, 0.05) is 42.7 Å². The Morgan fingerprint density at radius 1 is 0.422 bits per heavy atom. The molecule has 0 saturated heterocycles. The molecule has 0 unspecified atom stereocenters. The molecule has 0 atom stereocenters. The van der Waals surface area contributed by atoms with Crippen LogP contribution in [0.15, 0.2) is 146 Å². The summed E-state index contributed by atoms with van der Waals surface area (Å²) in [5.41, 5.74) is 6.48. The molecular formula is C42H24N2S. The smallest absolute Gasteiger partial charge is 0.0972 e. The Hall–Kier alpha value is -5.64. The molecule has 0 radical (unpaired) electrons. The molecule has 0 spiro atoms. The molecule has 0 N–H and O–H groups in total. The predicted molar refractivity (Wildman–Crippen MR) is 193 cm³/mol. The van der Waals surface area contributed by atoms with Gasteiger partial charge in [0.1, 0.15) is 0 Å². The Labute approximate surface area is 262 Å². The van der Waals surface area contributed by atoms with Gasteiger partial charge < -0.3 is 0 Å². The fourth-order valence-electron chi connectivity index (χ4n) is 7.25. The zero-order valence-corrected chi connectivity index (χ0v) is 25.0. The van der Waals surface area contributed by atoms with Crippen LogP contribution in [0.5, 0.6) is 0 Å². The van der Waals surface area contributed by atoms with Crippen LogP contribution in [0.4, 0.5) is 0 Å². The highest BCUT2D eigenvalue weighted by atomic mass is 32.1. The van der Waals surface area contributed by atoms with E-state index in [9.17, 15) is 0 Å². The van der Waals surface area contributed by atoms with E-state index in [1.54, 1.807) is 0 Å². The summed E-state index contributed by atoms with van der Waals surface area (Å²) in [5, 5.41) is 12.3. The van der Waals surface area contributed by atoms with Crippen molar-refractivity contribution in [1.82, 2.24) is 9.97 Å². The molecule has 208 valence electrons. The Morgan fingerprint density at radius 3 is 1.82 bits per heavy atom. The normalized spacial score (nSPS) is 12.0. The molecule has 0 fully saturated rings. The molecule has 45 heavy (non-hydrogen) atoms. The molecule has 7 aromatic carbocycles. The Morgan fingerprint density at radius 2 is 1.04 bits per heavy atom. The van der Waals surface area contributed by atoms with Crippen LogP contribution < -0.4 is 0 Å². The summed E-state index contributed by atoms with van der Waals surface area (Å²) in [4.78, 5) is 10.0. The molecule has 10 rings (SSSR count). The third-order valence-electron chi connectivity index (χ3n) is 9.27. The number of fused-ring (bicyclic) bond motifs is 10. The van der Waals surface area contributed by atoms with E-state index in [-0.39, 0.29) is 0 Å². The monoisotopic (exact) mass is 588 g/mol. The molecule has 0 bridgehead atoms. The van der Waals surface area contributed by atoms with Crippen molar-refractivity contribution >= 4 is 85.6 Å². The van der Waals surface area contributed by atoms with Gasteiger partial charge in [0.05, 0.1) is 16.7 Å². The highest BCUT2D eigenvalue weighted by molar-refractivity contribution is 7.26. The molecule has 3 aromatic heterocycles. The molecule has 3 heterocycles. The van der Waals surface area contributed by atoms with Crippen molar-refractivity contribution < 1.29 is 0 Å². The quantitative estimate of drug-likeness (QED) is 0.148. The van der Waals surface area contributed by atoms with E-state index < -0.39 is 0 Å². The standard InChI is InChI=1S/C42H24N2S/c1-3-12-33-31(10-1)38(28-18-20-29-27(24-28)17-21-35-30-9-5-6-14-37(30)45-42(29)35)32-11-2-4-13-34(32)39(33)36-22-19-26-16-15-25-8-7-23-43-40(25)41(26)44-36/h1-24H. The van der Waals surface area contributed by atoms with E-state index in [1.807, 2.05) is 23.6 Å². The van der Waals surface area contributed by atoms with Gasteiger partial charge in [-0.2, -0.15) is 0 Å². The van der Waals surface area contributed by atoms with Crippen molar-refractivity contribution in [3.8, 4) is 22.4 Å². The number of aromatic nitrogens is 2. The highest BCUT2D eigenvalue weighted by Crippen LogP contribution is 2.45. The fraction of sp³-hybridized carbons (Fsp3) is 0. The summed E-state index contributed by atoms with van der Waals surface area (Å²) in [5.74, 6) is 0. The molecule has 0 aliphatic carbocycles. The minimum Gasteiger partial charge on any atom is -0.254 e. The maximum Gasteiger partial charge on any atom is 0.0972 e. The van der Waals surface area contributed by atoms with Crippen LogP contribution in [0.1, 0.15) is 0 Å². The van der Waals surface area contributed by atoms with E-state index in [0.29, 0.717) is 0 Å². The average molecular weight is 589 g/mol. The Bertz CT molecular complexity index is 2770. The molecule has 2 nitrogen and oxygen atoms in total. The molecule has 0 saturated carbocycles. The van der Waals surface area contributed by atoms with Gasteiger partial charge >= 0.3 is 0 Å². The molecular weight excluding hydrogens is 565 g/mol. The van der Waals surface area contributed by atoms with Gasteiger partial charge in [0.15, 0.2) is 0 Å². The van der Waals surface area contributed by atoms with E-state index in [1.165, 1.54) is 63.6 Å². The maximum atomic E-state index is 5.30. The first kappa shape index (κ1) is 24.8. The third kappa shape index (κ3) is 3.62. The second-order valence-electron chi connectivity index (χ2n) is 11.7. The molecule has 0 amide bonds. The second-order valence-corrected chi connectivity index (χ2v) is 12.8. The van der Waals surface area contributed by atoms with E-state index >= 15 is 0 Å². The first-order valence-corrected chi connectivity index (χ1v) is 16.1. The summed E-state index contributed by atoms with van der Waals surface area (Å²) < 4.78 is 2.69. The van der Waals surface area contributed by atoms with Crippen LogP contribution >= 0.6 is 11.3 Å². The van der Waals surface area contributed by atoms with Gasteiger partial charge in [-0.05, 0) is 67.7 Å². The topological polar surface area (TPSA) is 25.8 Å². The van der Waals surface area contributed by atoms with Gasteiger partial charge in [0.2, 0.25) is 0 Å². The van der Waals surface area contributed by atoms with Gasteiger partial charge in [-0.1, -0.05) is 115 Å². The van der Waals surface area contributed by atoms with Crippen molar-refractivity contribution in [1.29, 1.82) is 0 Å². The summed E-state index contributed by atoms with van der Waals surface area (Å²) in [7, 11) is 0. The number of nitrogens with zero attached hydrogens (tertiary/aromatic N) is 2. The van der Waals surface area contributed by atoms with Crippen LogP contribution in [-0.2, 0) is 0 Å². The van der Waals surface area contributed by atoms with Crippen molar-refractivity contribution in [3.05, 3.63) is 146 Å². The summed E-state index contributed by atoms with van der Waals surface area (Å²) in [6.45, 7) is 0. The van der Waals surface area contributed by atoms with Crippen LogP contribution in [0.25, 0.3) is 96.7 Å². The summed E-state index contributed by atoms with van der Waals surface area (Å²) in [6, 6.07) is 50.6. The summed E-state index contributed by atoms with van der Waals surface area (Å²) in [6.07, 6.45) is 1.85. The largest absolute Gasteiger partial charge is 0.254 e. The molecule has 0 aliphatic heterocycles. The average Bonchev–Trinajstić information content (AvgIpc) is 3.49. The first-order chi connectivity index (χ1) is 22.3. The molecule has 3 heteroatoms. The van der Waals surface area contributed by atoms with Crippen LogP contribution in [0, 0.1) is 0 Å². The molecule has 10 aromatic rings. The van der Waals surface area contributed by atoms with Gasteiger partial charge in [0.25, 0.3) is 0 Å². The van der Waals surface area contributed by atoms with Crippen molar-refractivity contribution in [2.75, 3.05) is 0 Å². The second kappa shape index (κ2) is 9.43. The lowest BCUT2D eigenvalue weighted by Crippen LogP contribution is -1.93. The van der Waals surface area contributed by atoms with Gasteiger partial charge in [-0.3, -0.25) is 4.98 Å². The lowest BCUT2D eigenvalue weighted by Gasteiger charge is -2.18. The Kier molecular flexibility index (Phi) is 5.19. The third-order valence-corrected chi connectivity index (χ3v) is 10.5. The zero-order chi connectivity index (χ0) is 29.5. The SMILES string of the molecule is c1cnc2c(c1)ccc1ccc(-c3c4ccccc4c(-c4ccc5c(ccc6c7ccccc7sc56)c4)c4ccccc34)nc12. The van der Waals surface area contributed by atoms with E-state index in [2.05, 4.69) is 133 Å². The van der Waals surface area contributed by atoms with Gasteiger partial charge in [-0.15, -0.1) is 11.3 Å². The minimum atomic E-state index is 0.935. The number of pyridine rings is 2. The Balaban J connectivity index is 1.26. The van der Waals surface area contributed by atoms with Crippen LogP contribution in [-0.4, -0.2) is 9.97 Å². The predicted octanol–water partition coefficient (Wildman–Crippen LogP) is 11.9. The highest BCUT2D eigenvalue weighted by Gasteiger charge is 2.18. The lowest BCUT2D eigenvalue weighted by atomic mass is 9.86. The number of thiophene rings is 1. The van der Waals surface area contributed by atoms with Gasteiger partial charge in [-0.25, -0.2) is 4.98 Å².